The molecule has 13 rings (SSSR count). The van der Waals surface area contributed by atoms with Crippen molar-refractivity contribution in [1.82, 2.24) is 65.3 Å². The van der Waals surface area contributed by atoms with Crippen molar-refractivity contribution in [2.75, 3.05) is 0 Å². The van der Waals surface area contributed by atoms with E-state index in [1.165, 1.54) is 5.56 Å². The van der Waals surface area contributed by atoms with Crippen molar-refractivity contribution >= 4 is 11.3 Å². The van der Waals surface area contributed by atoms with E-state index in [1.54, 1.807) is 60.8 Å². The fourth-order valence-electron chi connectivity index (χ4n) is 11.3. The molecule has 9 heterocycles. The number of nitrogens with zero attached hydrogens (tertiary/aromatic N) is 13. The third kappa shape index (κ3) is 16.6. The number of hydrogen-bond acceptors (Lipinski definition) is 23. The van der Waals surface area contributed by atoms with Crippen molar-refractivity contribution in [3.63, 3.8) is 0 Å². The van der Waals surface area contributed by atoms with Gasteiger partial charge in [-0.2, -0.15) is 15.0 Å². The van der Waals surface area contributed by atoms with Gasteiger partial charge in [0.15, 0.2) is 5.82 Å². The number of pyridine rings is 4. The first kappa shape index (κ1) is 71.9. The van der Waals surface area contributed by atoms with E-state index in [1.807, 2.05) is 124 Å². The summed E-state index contributed by atoms with van der Waals surface area (Å²) < 4.78 is 33.6. The van der Waals surface area contributed by atoms with Crippen LogP contribution in [0.25, 0.3) is 34.2 Å². The molecule has 0 saturated heterocycles. The Balaban J connectivity index is 0.000000153. The molecule has 23 heteroatoms. The maximum atomic E-state index is 6.18. The highest BCUT2D eigenvalue weighted by molar-refractivity contribution is 7.09. The van der Waals surface area contributed by atoms with Gasteiger partial charge in [-0.05, 0) is 150 Å². The lowest BCUT2D eigenvalue weighted by Crippen LogP contribution is -2.31. The van der Waals surface area contributed by atoms with Gasteiger partial charge in [-0.3, -0.25) is 19.9 Å². The minimum absolute atomic E-state index is 0.282. The van der Waals surface area contributed by atoms with Gasteiger partial charge in [0.25, 0.3) is 0 Å². The van der Waals surface area contributed by atoms with Crippen LogP contribution < -0.4 is 31.4 Å². The monoisotopic (exact) mass is 1380 g/mol. The maximum absolute atomic E-state index is 6.18. The number of hydrogen-bond donors (Lipinski definition) is 3. The molecule has 1 aliphatic carbocycles. The standard InChI is InChI=1S/C27H29N5O2.C26H30N6O2.C25H29N5O2S/c1-18(2)26(3,23-12-11-22(16-30-23)33-17-21-6-4-5-15-29-21)20-9-7-19(8-10-20)24-31-25(34-32-24)27(28)13-14-27;1-17(2)26(5,21-12-11-20(15-30-21)33-16-22-28-13-6-14-29-22)19-9-7-18(8-10-19)23-31-24(34-32-23)25(3,4)27;1-16(2)25(5,20-11-10-19(14-28-20)31-15-21-27-12-13-33-21)18-8-6-17(7-9-18)22-29-23(32-30-22)24(3,4)26/h4-12,15-16,18H,13-14,17,28H2,1-3H3;6-15,17H,16,27H2,1-5H3;6-14,16H,15,26H2,1-5H3. The zero-order valence-corrected chi connectivity index (χ0v) is 60.3. The van der Waals surface area contributed by atoms with Crippen LogP contribution in [0.3, 0.4) is 0 Å². The Labute approximate surface area is 593 Å². The van der Waals surface area contributed by atoms with Crippen LogP contribution in [0.15, 0.2) is 196 Å². The summed E-state index contributed by atoms with van der Waals surface area (Å²) in [6, 6.07) is 44.3. The van der Waals surface area contributed by atoms with Gasteiger partial charge in [0.05, 0.1) is 58.0 Å². The summed E-state index contributed by atoms with van der Waals surface area (Å²) in [5, 5.41) is 15.2. The van der Waals surface area contributed by atoms with Crippen LogP contribution in [0.5, 0.6) is 17.2 Å². The Kier molecular flexibility index (Phi) is 21.5. The van der Waals surface area contributed by atoms with Gasteiger partial charge in [-0.1, -0.05) is 136 Å². The van der Waals surface area contributed by atoms with Gasteiger partial charge >= 0.3 is 0 Å². The molecule has 3 unspecified atom stereocenters. The summed E-state index contributed by atoms with van der Waals surface area (Å²) in [5.74, 6) is 6.63. The van der Waals surface area contributed by atoms with Gasteiger partial charge in [0.2, 0.25) is 35.1 Å². The Morgan fingerprint density at radius 1 is 0.436 bits per heavy atom. The molecule has 0 radical (unpaired) electrons. The van der Waals surface area contributed by atoms with Crippen molar-refractivity contribution < 1.29 is 27.8 Å². The largest absolute Gasteiger partial charge is 0.486 e. The third-order valence-corrected chi connectivity index (χ3v) is 19.8. The molecule has 0 bridgehead atoms. The molecule has 1 saturated carbocycles. The predicted molar refractivity (Wildman–Crippen MR) is 387 cm³/mol. The summed E-state index contributed by atoms with van der Waals surface area (Å²) in [5.41, 5.74) is 25.6. The minimum Gasteiger partial charge on any atom is -0.486 e. The second-order valence-corrected chi connectivity index (χ2v) is 29.1. The zero-order valence-electron chi connectivity index (χ0n) is 59.5. The summed E-state index contributed by atoms with van der Waals surface area (Å²) in [6.45, 7) is 28.4. The molecule has 6 N–H and O–H groups in total. The van der Waals surface area contributed by atoms with Gasteiger partial charge in [-0.25, -0.2) is 15.0 Å². The predicted octanol–water partition coefficient (Wildman–Crippen LogP) is 15.0. The van der Waals surface area contributed by atoms with Crippen LogP contribution in [0.2, 0.25) is 0 Å². The second kappa shape index (κ2) is 30.2. The summed E-state index contributed by atoms with van der Waals surface area (Å²) in [6.07, 6.45) is 14.0. The molecule has 9 aromatic heterocycles. The van der Waals surface area contributed by atoms with Gasteiger partial charge in [0, 0.05) is 63.1 Å². The Morgan fingerprint density at radius 3 is 1.20 bits per heavy atom. The third-order valence-electron chi connectivity index (χ3n) is 19.0. The molecule has 1 aliphatic rings. The summed E-state index contributed by atoms with van der Waals surface area (Å²) in [4.78, 5) is 44.6. The van der Waals surface area contributed by atoms with Crippen LogP contribution >= 0.6 is 11.3 Å². The number of benzene rings is 3. The number of aromatic nitrogens is 13. The van der Waals surface area contributed by atoms with E-state index < -0.39 is 16.6 Å². The fourth-order valence-corrected chi connectivity index (χ4v) is 11.8. The van der Waals surface area contributed by atoms with Crippen LogP contribution in [-0.4, -0.2) is 65.3 Å². The molecule has 3 atom stereocenters. The van der Waals surface area contributed by atoms with E-state index in [2.05, 4.69) is 149 Å². The van der Waals surface area contributed by atoms with E-state index in [-0.39, 0.29) is 16.2 Å². The average Bonchev–Trinajstić information content (AvgIpc) is 1.61. The molecule has 3 aromatic carbocycles. The first-order valence-electron chi connectivity index (χ1n) is 33.8. The molecule has 0 spiro atoms. The molecule has 0 amide bonds. The van der Waals surface area contributed by atoms with Crippen molar-refractivity contribution in [2.24, 2.45) is 35.0 Å². The van der Waals surface area contributed by atoms with E-state index in [9.17, 15) is 0 Å². The van der Waals surface area contributed by atoms with Crippen LogP contribution in [-0.2, 0) is 52.7 Å². The number of thiazole rings is 1. The van der Waals surface area contributed by atoms with Crippen molar-refractivity contribution in [1.29, 1.82) is 0 Å². The van der Waals surface area contributed by atoms with E-state index >= 15 is 0 Å². The second-order valence-electron chi connectivity index (χ2n) is 28.1. The first-order valence-corrected chi connectivity index (χ1v) is 34.7. The molecule has 1 fully saturated rings. The highest BCUT2D eigenvalue weighted by atomic mass is 32.1. The SMILES string of the molecule is CC(C)C(C)(c1ccc(-c2noc(C(C)(C)N)n2)cc1)c1ccc(OCc2ncccn2)cn1.CC(C)C(C)(c1ccc(-c2noc(C(C)(C)N)n2)cc1)c1ccc(OCc2nccs2)cn1.CC(C)C(C)(c1ccc(-c2noc(C3(N)CC3)n2)cc1)c1ccc(OCc2ccccn2)cn1. The lowest BCUT2D eigenvalue weighted by molar-refractivity contribution is 0.293. The lowest BCUT2D eigenvalue weighted by Gasteiger charge is -2.34. The van der Waals surface area contributed by atoms with Crippen LogP contribution in [0, 0.1) is 17.8 Å². The number of nitrogens with two attached hydrogens (primary N) is 3. The lowest BCUT2D eigenvalue weighted by atomic mass is 9.70. The van der Waals surface area contributed by atoms with Crippen molar-refractivity contribution in [2.45, 2.75) is 156 Å². The Morgan fingerprint density at radius 2 is 0.842 bits per heavy atom. The topological polar surface area (TPSA) is 313 Å². The van der Waals surface area contributed by atoms with E-state index in [4.69, 9.17) is 59.9 Å². The molecular weight excluding hydrogens is 1290 g/mol. The van der Waals surface area contributed by atoms with Gasteiger partial charge in [-0.15, -0.1) is 11.3 Å². The molecule has 101 heavy (non-hydrogen) atoms. The highest BCUT2D eigenvalue weighted by Gasteiger charge is 2.46. The number of rotatable bonds is 24. The quantitative estimate of drug-likeness (QED) is 0.0506. The fraction of sp³-hybridized carbons (Fsp3) is 0.346. The smallest absolute Gasteiger partial charge is 0.247 e. The van der Waals surface area contributed by atoms with Crippen molar-refractivity contribution in [3.05, 3.63) is 250 Å². The maximum Gasteiger partial charge on any atom is 0.247 e. The molecule has 522 valence electrons. The minimum atomic E-state index is -0.683. The van der Waals surface area contributed by atoms with Gasteiger partial charge in [0.1, 0.15) is 42.1 Å². The van der Waals surface area contributed by atoms with Crippen molar-refractivity contribution in [3.8, 4) is 51.4 Å². The normalized spacial score (nSPS) is 14.6. The molecule has 22 nitrogen and oxygen atoms in total. The number of ether oxygens (including phenoxy) is 3. The van der Waals surface area contributed by atoms with E-state index in [0.29, 0.717) is 84.3 Å². The van der Waals surface area contributed by atoms with Crippen LogP contribution in [0.1, 0.15) is 171 Å². The summed E-state index contributed by atoms with van der Waals surface area (Å²) >= 11 is 1.58. The highest BCUT2D eigenvalue weighted by Crippen LogP contribution is 2.44. The Bertz CT molecular complexity index is 4390. The first-order chi connectivity index (χ1) is 48.2. The van der Waals surface area contributed by atoms with Gasteiger partial charge < -0.3 is 45.0 Å². The summed E-state index contributed by atoms with van der Waals surface area (Å²) in [7, 11) is 0. The zero-order chi connectivity index (χ0) is 71.7. The van der Waals surface area contributed by atoms with Crippen LogP contribution in [0.4, 0.5) is 0 Å². The molecule has 0 aliphatic heterocycles. The van der Waals surface area contributed by atoms with E-state index in [0.717, 1.165) is 79.9 Å². The average molecular weight is 1380 g/mol. The Hall–Kier alpha value is -10.3. The molecule has 12 aromatic rings. The molecular formula is C78H88N16O6S.